The molecule has 12 heteroatoms. The van der Waals surface area contributed by atoms with Crippen molar-refractivity contribution in [1.29, 1.82) is 0 Å². The first-order valence-electron chi connectivity index (χ1n) is 8.69. The van der Waals surface area contributed by atoms with Crippen LogP contribution in [-0.4, -0.2) is 48.9 Å². The van der Waals surface area contributed by atoms with Gasteiger partial charge in [0.2, 0.25) is 16.0 Å². The van der Waals surface area contributed by atoms with Crippen LogP contribution in [0.2, 0.25) is 0 Å². The molecule has 0 amide bonds. The van der Waals surface area contributed by atoms with Gasteiger partial charge >= 0.3 is 6.18 Å². The van der Waals surface area contributed by atoms with Crippen LogP contribution in [0.25, 0.3) is 0 Å². The molecule has 1 saturated heterocycles. The van der Waals surface area contributed by atoms with E-state index in [4.69, 9.17) is 4.74 Å². The van der Waals surface area contributed by atoms with Crippen LogP contribution in [0.4, 0.5) is 19.1 Å². The number of methoxy groups -OCH3 is 1. The van der Waals surface area contributed by atoms with E-state index in [1.165, 1.54) is 23.5 Å². The number of piperidine rings is 1. The van der Waals surface area contributed by atoms with Crippen LogP contribution in [0.3, 0.4) is 0 Å². The van der Waals surface area contributed by atoms with E-state index in [2.05, 4.69) is 15.3 Å². The highest BCUT2D eigenvalue weighted by Crippen LogP contribution is 2.27. The summed E-state index contributed by atoms with van der Waals surface area (Å²) in [6.45, 7) is 0.352. The second-order valence-corrected chi connectivity index (χ2v) is 8.41. The SMILES string of the molecule is COc1ccc(S(=O)(=O)N2CCC(Nc3nc(C(F)(F)F)cc(=O)[nH]3)CC2)cc1. The van der Waals surface area contributed by atoms with Crippen LogP contribution in [-0.2, 0) is 16.2 Å². The fourth-order valence-electron chi connectivity index (χ4n) is 3.00. The molecule has 1 aromatic carbocycles. The summed E-state index contributed by atoms with van der Waals surface area (Å²) in [6, 6.07) is 6.07. The number of H-pyrrole nitrogens is 1. The van der Waals surface area contributed by atoms with E-state index < -0.39 is 27.5 Å². The molecule has 0 bridgehead atoms. The maximum absolute atomic E-state index is 12.8. The Balaban J connectivity index is 1.66. The number of nitrogens with zero attached hydrogens (tertiary/aromatic N) is 2. The van der Waals surface area contributed by atoms with E-state index >= 15 is 0 Å². The smallest absolute Gasteiger partial charge is 0.433 e. The number of aromatic amines is 1. The lowest BCUT2D eigenvalue weighted by atomic mass is 10.1. The van der Waals surface area contributed by atoms with Gasteiger partial charge in [0, 0.05) is 25.2 Å². The molecule has 1 aromatic heterocycles. The minimum atomic E-state index is -4.74. The molecule has 158 valence electrons. The molecular weight excluding hydrogens is 413 g/mol. The van der Waals surface area contributed by atoms with Crippen molar-refractivity contribution in [3.8, 4) is 5.75 Å². The molecule has 1 aliphatic rings. The number of ether oxygens (including phenoxy) is 1. The van der Waals surface area contributed by atoms with Crippen LogP contribution in [0.15, 0.2) is 40.0 Å². The zero-order valence-corrected chi connectivity index (χ0v) is 16.2. The van der Waals surface area contributed by atoms with Gasteiger partial charge in [-0.3, -0.25) is 9.78 Å². The van der Waals surface area contributed by atoms with Gasteiger partial charge in [0.15, 0.2) is 5.69 Å². The Bertz CT molecular complexity index is 1010. The van der Waals surface area contributed by atoms with Gasteiger partial charge in [-0.25, -0.2) is 13.4 Å². The highest BCUT2D eigenvalue weighted by Gasteiger charge is 2.34. The molecule has 0 spiro atoms. The lowest BCUT2D eigenvalue weighted by Gasteiger charge is -2.31. The van der Waals surface area contributed by atoms with Crippen molar-refractivity contribution in [2.75, 3.05) is 25.5 Å². The largest absolute Gasteiger partial charge is 0.497 e. The number of anilines is 1. The molecule has 2 aromatic rings. The minimum absolute atomic E-state index is 0.133. The van der Waals surface area contributed by atoms with Gasteiger partial charge in [0.25, 0.3) is 5.56 Å². The molecule has 1 aliphatic heterocycles. The molecule has 0 radical (unpaired) electrons. The second kappa shape index (κ2) is 8.03. The second-order valence-electron chi connectivity index (χ2n) is 6.48. The Morgan fingerprint density at radius 2 is 1.83 bits per heavy atom. The van der Waals surface area contributed by atoms with E-state index in [-0.39, 0.29) is 30.0 Å². The summed E-state index contributed by atoms with van der Waals surface area (Å²) >= 11 is 0. The van der Waals surface area contributed by atoms with Crippen LogP contribution >= 0.6 is 0 Å². The predicted octanol–water partition coefficient (Wildman–Crippen LogP) is 2.06. The summed E-state index contributed by atoms with van der Waals surface area (Å²) in [6.07, 6.45) is -4.05. The van der Waals surface area contributed by atoms with Crippen molar-refractivity contribution in [3.63, 3.8) is 0 Å². The number of hydrogen-bond donors (Lipinski definition) is 2. The maximum atomic E-state index is 12.8. The molecule has 3 rings (SSSR count). The van der Waals surface area contributed by atoms with E-state index in [1.54, 1.807) is 12.1 Å². The Morgan fingerprint density at radius 3 is 2.38 bits per heavy atom. The van der Waals surface area contributed by atoms with Gasteiger partial charge in [0.05, 0.1) is 12.0 Å². The average Bonchev–Trinajstić information content (AvgIpc) is 2.67. The van der Waals surface area contributed by atoms with Gasteiger partial charge in [-0.05, 0) is 37.1 Å². The summed E-state index contributed by atoms with van der Waals surface area (Å²) in [7, 11) is -2.21. The van der Waals surface area contributed by atoms with Crippen molar-refractivity contribution in [1.82, 2.24) is 14.3 Å². The number of hydrogen-bond acceptors (Lipinski definition) is 6. The van der Waals surface area contributed by atoms with Crippen LogP contribution in [0, 0.1) is 0 Å². The minimum Gasteiger partial charge on any atom is -0.497 e. The van der Waals surface area contributed by atoms with Crippen molar-refractivity contribution in [3.05, 3.63) is 46.4 Å². The van der Waals surface area contributed by atoms with Gasteiger partial charge in [-0.15, -0.1) is 0 Å². The Hall–Kier alpha value is -2.60. The molecule has 1 fully saturated rings. The van der Waals surface area contributed by atoms with E-state index in [0.29, 0.717) is 24.7 Å². The number of rotatable bonds is 5. The van der Waals surface area contributed by atoms with Crippen LogP contribution < -0.4 is 15.6 Å². The standard InChI is InChI=1S/C17H19F3N4O4S/c1-28-12-2-4-13(5-3-12)29(26,27)24-8-6-11(7-9-24)21-16-22-14(17(18,19)20)10-15(25)23-16/h2-5,10-11H,6-9H2,1H3,(H2,21,22,23,25). The Morgan fingerprint density at radius 1 is 1.21 bits per heavy atom. The average molecular weight is 432 g/mol. The zero-order valence-electron chi connectivity index (χ0n) is 15.4. The third-order valence-electron chi connectivity index (χ3n) is 4.52. The zero-order chi connectivity index (χ0) is 21.2. The monoisotopic (exact) mass is 432 g/mol. The molecule has 2 N–H and O–H groups in total. The molecule has 0 unspecified atom stereocenters. The third-order valence-corrected chi connectivity index (χ3v) is 6.44. The Kier molecular flexibility index (Phi) is 5.85. The molecule has 0 atom stereocenters. The van der Waals surface area contributed by atoms with Crippen LogP contribution in [0.5, 0.6) is 5.75 Å². The number of benzene rings is 1. The lowest BCUT2D eigenvalue weighted by molar-refractivity contribution is -0.141. The first kappa shape index (κ1) is 21.1. The molecule has 2 heterocycles. The quantitative estimate of drug-likeness (QED) is 0.750. The molecule has 8 nitrogen and oxygen atoms in total. The van der Waals surface area contributed by atoms with Crippen molar-refractivity contribution >= 4 is 16.0 Å². The highest BCUT2D eigenvalue weighted by atomic mass is 32.2. The van der Waals surface area contributed by atoms with Crippen molar-refractivity contribution in [2.24, 2.45) is 0 Å². The molecule has 29 heavy (non-hydrogen) atoms. The van der Waals surface area contributed by atoms with E-state index in [1.807, 2.05) is 0 Å². The van der Waals surface area contributed by atoms with E-state index in [0.717, 1.165) is 0 Å². The molecular formula is C17H19F3N4O4S. The molecule has 0 aliphatic carbocycles. The predicted molar refractivity (Wildman–Crippen MR) is 98.3 cm³/mol. The number of nitrogens with one attached hydrogen (secondary N) is 2. The summed E-state index contributed by atoms with van der Waals surface area (Å²) in [4.78, 5) is 17.2. The molecule has 0 saturated carbocycles. The summed E-state index contributed by atoms with van der Waals surface area (Å²) < 4.78 is 70.2. The van der Waals surface area contributed by atoms with Crippen molar-refractivity contribution < 1.29 is 26.3 Å². The summed E-state index contributed by atoms with van der Waals surface area (Å²) in [5.41, 5.74) is -2.21. The summed E-state index contributed by atoms with van der Waals surface area (Å²) in [5.74, 6) is 0.246. The number of alkyl halides is 3. The topological polar surface area (TPSA) is 104 Å². The first-order valence-corrected chi connectivity index (χ1v) is 10.1. The van der Waals surface area contributed by atoms with E-state index in [9.17, 15) is 26.4 Å². The van der Waals surface area contributed by atoms with Gasteiger partial charge in [0.1, 0.15) is 5.75 Å². The number of aromatic nitrogens is 2. The van der Waals surface area contributed by atoms with Crippen LogP contribution in [0.1, 0.15) is 18.5 Å². The fourth-order valence-corrected chi connectivity index (χ4v) is 4.47. The Labute approximate surface area is 164 Å². The third kappa shape index (κ3) is 4.88. The lowest BCUT2D eigenvalue weighted by Crippen LogP contribution is -2.42. The normalized spacial score (nSPS) is 16.6. The highest BCUT2D eigenvalue weighted by molar-refractivity contribution is 7.89. The van der Waals surface area contributed by atoms with Gasteiger partial charge in [-0.2, -0.15) is 17.5 Å². The van der Waals surface area contributed by atoms with Gasteiger partial charge in [-0.1, -0.05) is 0 Å². The first-order chi connectivity index (χ1) is 13.6. The van der Waals surface area contributed by atoms with Gasteiger partial charge < -0.3 is 10.1 Å². The number of sulfonamides is 1. The number of halogens is 3. The maximum Gasteiger partial charge on any atom is 0.433 e. The van der Waals surface area contributed by atoms with Crippen molar-refractivity contribution in [2.45, 2.75) is 30.0 Å². The summed E-state index contributed by atoms with van der Waals surface area (Å²) in [5, 5.41) is 2.76. The fraction of sp³-hybridized carbons (Fsp3) is 0.412.